The van der Waals surface area contributed by atoms with E-state index in [-0.39, 0.29) is 0 Å². The minimum atomic E-state index is 0.504. The SMILES string of the molecule is COCCn1ccc(Nc2ncc3c(n2)-c2c(nn(C)c2-c2cccc(Cl)c2)CC3)n1. The number of rotatable bonds is 6. The Bertz CT molecular complexity index is 1250. The molecule has 0 saturated heterocycles. The summed E-state index contributed by atoms with van der Waals surface area (Å²) in [4.78, 5) is 9.37. The number of ether oxygens (including phenoxy) is 1. The molecule has 1 aliphatic rings. The fraction of sp³-hybridized carbons (Fsp3) is 0.273. The molecule has 0 spiro atoms. The van der Waals surface area contributed by atoms with E-state index in [1.54, 1.807) is 7.11 Å². The monoisotopic (exact) mass is 435 g/mol. The normalized spacial score (nSPS) is 12.5. The minimum Gasteiger partial charge on any atom is -0.383 e. The summed E-state index contributed by atoms with van der Waals surface area (Å²) in [6.07, 6.45) is 5.51. The fourth-order valence-corrected chi connectivity index (χ4v) is 4.13. The Hall–Kier alpha value is -3.23. The van der Waals surface area contributed by atoms with Crippen molar-refractivity contribution in [3.05, 3.63) is 59.0 Å². The molecule has 0 aliphatic heterocycles. The van der Waals surface area contributed by atoms with Gasteiger partial charge in [0, 0.05) is 48.8 Å². The molecule has 31 heavy (non-hydrogen) atoms. The molecule has 158 valence electrons. The predicted octanol–water partition coefficient (Wildman–Crippen LogP) is 3.88. The summed E-state index contributed by atoms with van der Waals surface area (Å²) in [7, 11) is 3.63. The van der Waals surface area contributed by atoms with Crippen LogP contribution in [0.2, 0.25) is 5.02 Å². The number of benzene rings is 1. The third-order valence-corrected chi connectivity index (χ3v) is 5.59. The molecule has 4 aromatic rings. The molecule has 0 bridgehead atoms. The maximum Gasteiger partial charge on any atom is 0.228 e. The van der Waals surface area contributed by atoms with Gasteiger partial charge < -0.3 is 10.1 Å². The van der Waals surface area contributed by atoms with Crippen LogP contribution in [0.5, 0.6) is 0 Å². The third kappa shape index (κ3) is 3.80. The van der Waals surface area contributed by atoms with E-state index in [4.69, 9.17) is 26.4 Å². The van der Waals surface area contributed by atoms with E-state index in [1.165, 1.54) is 0 Å². The van der Waals surface area contributed by atoms with Crippen molar-refractivity contribution in [2.45, 2.75) is 19.4 Å². The highest BCUT2D eigenvalue weighted by molar-refractivity contribution is 6.30. The number of fused-ring (bicyclic) bond motifs is 3. The average molecular weight is 436 g/mol. The molecule has 0 unspecified atom stereocenters. The summed E-state index contributed by atoms with van der Waals surface area (Å²) in [5.74, 6) is 1.19. The van der Waals surface area contributed by atoms with Gasteiger partial charge in [0.1, 0.15) is 0 Å². The molecule has 1 aromatic carbocycles. The Morgan fingerprint density at radius 2 is 2.10 bits per heavy atom. The van der Waals surface area contributed by atoms with Crippen molar-refractivity contribution in [3.63, 3.8) is 0 Å². The molecule has 3 heterocycles. The van der Waals surface area contributed by atoms with Crippen LogP contribution in [0.1, 0.15) is 11.3 Å². The van der Waals surface area contributed by atoms with Crippen molar-refractivity contribution < 1.29 is 4.74 Å². The lowest BCUT2D eigenvalue weighted by atomic mass is 9.91. The van der Waals surface area contributed by atoms with Gasteiger partial charge in [-0.05, 0) is 30.5 Å². The van der Waals surface area contributed by atoms with Crippen LogP contribution in [-0.4, -0.2) is 43.2 Å². The number of aromatic nitrogens is 6. The summed E-state index contributed by atoms with van der Waals surface area (Å²) < 4.78 is 8.84. The van der Waals surface area contributed by atoms with Gasteiger partial charge in [-0.25, -0.2) is 9.97 Å². The Morgan fingerprint density at radius 1 is 1.19 bits per heavy atom. The Labute approximate surface area is 184 Å². The molecule has 1 N–H and O–H groups in total. The first-order valence-corrected chi connectivity index (χ1v) is 10.5. The predicted molar refractivity (Wildman–Crippen MR) is 119 cm³/mol. The van der Waals surface area contributed by atoms with E-state index >= 15 is 0 Å². The maximum atomic E-state index is 6.26. The molecule has 5 rings (SSSR count). The van der Waals surface area contributed by atoms with Gasteiger partial charge in [-0.1, -0.05) is 23.7 Å². The van der Waals surface area contributed by atoms with Crippen LogP contribution in [0.15, 0.2) is 42.7 Å². The van der Waals surface area contributed by atoms with Gasteiger partial charge in [0.15, 0.2) is 5.82 Å². The van der Waals surface area contributed by atoms with Crippen molar-refractivity contribution in [2.75, 3.05) is 19.0 Å². The molecule has 8 nitrogen and oxygen atoms in total. The molecule has 0 fully saturated rings. The molecule has 3 aromatic heterocycles. The van der Waals surface area contributed by atoms with E-state index < -0.39 is 0 Å². The zero-order chi connectivity index (χ0) is 21.4. The van der Waals surface area contributed by atoms with Crippen LogP contribution in [0, 0.1) is 0 Å². The van der Waals surface area contributed by atoms with Gasteiger partial charge in [0.25, 0.3) is 0 Å². The average Bonchev–Trinajstić information content (AvgIpc) is 3.35. The number of nitrogens with zero attached hydrogens (tertiary/aromatic N) is 6. The second kappa shape index (κ2) is 8.13. The highest BCUT2D eigenvalue weighted by Gasteiger charge is 2.27. The first-order valence-electron chi connectivity index (χ1n) is 10.1. The molecular formula is C22H22ClN7O. The fourth-order valence-electron chi connectivity index (χ4n) is 3.94. The summed E-state index contributed by atoms with van der Waals surface area (Å²) >= 11 is 6.26. The Kier molecular flexibility index (Phi) is 5.17. The van der Waals surface area contributed by atoms with Crippen molar-refractivity contribution in [3.8, 4) is 22.5 Å². The first-order chi connectivity index (χ1) is 15.1. The minimum absolute atomic E-state index is 0.504. The number of methoxy groups -OCH3 is 1. The van der Waals surface area contributed by atoms with E-state index in [0.717, 1.165) is 46.6 Å². The summed E-state index contributed by atoms with van der Waals surface area (Å²) in [5, 5.41) is 13.2. The quantitative estimate of drug-likeness (QED) is 0.495. The molecule has 9 heteroatoms. The van der Waals surface area contributed by atoms with Crippen LogP contribution in [-0.2, 0) is 31.2 Å². The van der Waals surface area contributed by atoms with Gasteiger partial charge in [0.2, 0.25) is 5.95 Å². The van der Waals surface area contributed by atoms with Crippen LogP contribution in [0.25, 0.3) is 22.5 Å². The Morgan fingerprint density at radius 3 is 2.94 bits per heavy atom. The van der Waals surface area contributed by atoms with E-state index in [0.29, 0.717) is 29.9 Å². The van der Waals surface area contributed by atoms with E-state index in [1.807, 2.05) is 59.1 Å². The third-order valence-electron chi connectivity index (χ3n) is 5.36. The topological polar surface area (TPSA) is 82.7 Å². The number of halogens is 1. The highest BCUT2D eigenvalue weighted by atomic mass is 35.5. The second-order valence-corrected chi connectivity index (χ2v) is 7.89. The molecule has 0 amide bonds. The Balaban J connectivity index is 1.52. The van der Waals surface area contributed by atoms with Crippen LogP contribution in [0.4, 0.5) is 11.8 Å². The van der Waals surface area contributed by atoms with Crippen molar-refractivity contribution >= 4 is 23.4 Å². The lowest BCUT2D eigenvalue weighted by Gasteiger charge is -2.16. The number of hydrogen-bond acceptors (Lipinski definition) is 6. The second-order valence-electron chi connectivity index (χ2n) is 7.45. The molecule has 1 aliphatic carbocycles. The zero-order valence-electron chi connectivity index (χ0n) is 17.3. The van der Waals surface area contributed by atoms with Gasteiger partial charge >= 0.3 is 0 Å². The summed E-state index contributed by atoms with van der Waals surface area (Å²) in [6, 6.07) is 9.72. The summed E-state index contributed by atoms with van der Waals surface area (Å²) in [6.45, 7) is 1.29. The number of aryl methyl sites for hydroxylation is 3. The largest absolute Gasteiger partial charge is 0.383 e. The smallest absolute Gasteiger partial charge is 0.228 e. The molecule has 0 atom stereocenters. The number of nitrogens with one attached hydrogen (secondary N) is 1. The number of anilines is 2. The van der Waals surface area contributed by atoms with E-state index in [9.17, 15) is 0 Å². The van der Waals surface area contributed by atoms with Gasteiger partial charge in [-0.2, -0.15) is 10.2 Å². The summed E-state index contributed by atoms with van der Waals surface area (Å²) in [5.41, 5.74) is 6.12. The standard InChI is InChI=1S/C22H22ClN7O/c1-29-21(14-4-3-5-16(23)12-14)19-17(27-29)7-6-15-13-24-22(26-20(15)19)25-18-8-9-30(28-18)10-11-31-2/h3-5,8-9,12-13H,6-7,10-11H2,1-2H3,(H,24,25,26,28). The lowest BCUT2D eigenvalue weighted by molar-refractivity contribution is 0.183. The lowest BCUT2D eigenvalue weighted by Crippen LogP contribution is -2.09. The first kappa shape index (κ1) is 19.7. The number of hydrogen-bond donors (Lipinski definition) is 1. The highest BCUT2D eigenvalue weighted by Crippen LogP contribution is 2.40. The zero-order valence-corrected chi connectivity index (χ0v) is 18.1. The van der Waals surface area contributed by atoms with Gasteiger partial charge in [-0.3, -0.25) is 9.36 Å². The molecule has 0 radical (unpaired) electrons. The van der Waals surface area contributed by atoms with Crippen LogP contribution < -0.4 is 5.32 Å². The van der Waals surface area contributed by atoms with Crippen molar-refractivity contribution in [2.24, 2.45) is 7.05 Å². The van der Waals surface area contributed by atoms with Crippen LogP contribution in [0.3, 0.4) is 0 Å². The maximum absolute atomic E-state index is 6.26. The molecule has 0 saturated carbocycles. The van der Waals surface area contributed by atoms with Gasteiger partial charge in [0.05, 0.1) is 30.2 Å². The van der Waals surface area contributed by atoms with Crippen molar-refractivity contribution in [1.82, 2.24) is 29.5 Å². The van der Waals surface area contributed by atoms with Crippen molar-refractivity contribution in [1.29, 1.82) is 0 Å². The molecular weight excluding hydrogens is 414 g/mol. The van der Waals surface area contributed by atoms with Crippen LogP contribution >= 0.6 is 11.6 Å². The van der Waals surface area contributed by atoms with Gasteiger partial charge in [-0.15, -0.1) is 0 Å². The van der Waals surface area contributed by atoms with E-state index in [2.05, 4.69) is 15.4 Å².